The van der Waals surface area contributed by atoms with Gasteiger partial charge in [-0.15, -0.1) is 0 Å². The first-order chi connectivity index (χ1) is 8.92. The zero-order chi connectivity index (χ0) is 12.6. The summed E-state index contributed by atoms with van der Waals surface area (Å²) in [6, 6.07) is 0.818. The molecule has 1 N–H and O–H groups in total. The average molecular weight is 249 g/mol. The number of hydrogen-bond acceptors (Lipinski definition) is 1. The van der Waals surface area contributed by atoms with Gasteiger partial charge in [0.2, 0.25) is 0 Å². The van der Waals surface area contributed by atoms with Crippen molar-refractivity contribution in [3.8, 4) is 0 Å². The molecule has 0 aliphatic heterocycles. The molecule has 0 amide bonds. The van der Waals surface area contributed by atoms with Gasteiger partial charge in [0.05, 0.1) is 0 Å². The molecule has 104 valence electrons. The number of fused-ring (bicyclic) bond motifs is 1. The van der Waals surface area contributed by atoms with E-state index in [1.54, 1.807) is 0 Å². The van der Waals surface area contributed by atoms with E-state index in [9.17, 15) is 0 Å². The molecule has 0 radical (unpaired) electrons. The minimum atomic E-state index is 0.818. The first-order valence-corrected chi connectivity index (χ1v) is 8.32. The molecule has 0 aromatic heterocycles. The molecule has 0 aromatic rings. The first-order valence-electron chi connectivity index (χ1n) is 8.32. The van der Waals surface area contributed by atoms with Crippen molar-refractivity contribution in [2.24, 2.45) is 11.8 Å². The van der Waals surface area contributed by atoms with Gasteiger partial charge in [0.1, 0.15) is 0 Å². The fourth-order valence-corrected chi connectivity index (χ4v) is 3.49. The predicted molar refractivity (Wildman–Crippen MR) is 79.8 cm³/mol. The lowest BCUT2D eigenvalue weighted by Gasteiger charge is -2.40. The van der Waals surface area contributed by atoms with E-state index in [1.165, 1.54) is 70.8 Å². The van der Waals surface area contributed by atoms with E-state index in [-0.39, 0.29) is 0 Å². The van der Waals surface area contributed by atoms with Crippen LogP contribution in [0.4, 0.5) is 0 Å². The molecule has 0 bridgehead atoms. The van der Waals surface area contributed by atoms with Gasteiger partial charge < -0.3 is 5.32 Å². The first kappa shape index (κ1) is 14.1. The minimum Gasteiger partial charge on any atom is -0.313 e. The largest absolute Gasteiger partial charge is 0.313 e. The van der Waals surface area contributed by atoms with E-state index >= 15 is 0 Å². The maximum atomic E-state index is 3.75. The van der Waals surface area contributed by atoms with Gasteiger partial charge in [-0.1, -0.05) is 64.0 Å². The summed E-state index contributed by atoms with van der Waals surface area (Å²) in [5.74, 6) is 1.89. The van der Waals surface area contributed by atoms with Crippen LogP contribution in [0.1, 0.15) is 71.1 Å². The second-order valence-electron chi connectivity index (χ2n) is 6.27. The summed E-state index contributed by atoms with van der Waals surface area (Å²) in [5, 5.41) is 3.75. The van der Waals surface area contributed by atoms with Crippen LogP contribution in [-0.2, 0) is 0 Å². The third kappa shape index (κ3) is 4.12. The smallest absolute Gasteiger partial charge is 0.0136 e. The third-order valence-electron chi connectivity index (χ3n) is 4.80. The van der Waals surface area contributed by atoms with Gasteiger partial charge in [-0.25, -0.2) is 0 Å². The van der Waals surface area contributed by atoms with Gasteiger partial charge in [-0.2, -0.15) is 0 Å². The Morgan fingerprint density at radius 2 is 1.72 bits per heavy atom. The highest BCUT2D eigenvalue weighted by Crippen LogP contribution is 2.42. The fourth-order valence-electron chi connectivity index (χ4n) is 3.49. The molecule has 3 unspecified atom stereocenters. The van der Waals surface area contributed by atoms with Crippen LogP contribution in [0.25, 0.3) is 0 Å². The van der Waals surface area contributed by atoms with E-state index < -0.39 is 0 Å². The van der Waals surface area contributed by atoms with Crippen LogP contribution in [0, 0.1) is 11.8 Å². The number of allylic oxidation sites excluding steroid dienone is 1. The van der Waals surface area contributed by atoms with Crippen molar-refractivity contribution in [2.45, 2.75) is 77.2 Å². The lowest BCUT2D eigenvalue weighted by atomic mass is 9.71. The van der Waals surface area contributed by atoms with Gasteiger partial charge in [-0.05, 0) is 37.6 Å². The lowest BCUT2D eigenvalue weighted by molar-refractivity contribution is 0.163. The van der Waals surface area contributed by atoms with Crippen molar-refractivity contribution >= 4 is 0 Å². The fraction of sp³-hybridized carbons (Fsp3) is 0.882. The van der Waals surface area contributed by atoms with Crippen molar-refractivity contribution in [1.29, 1.82) is 0 Å². The Morgan fingerprint density at radius 1 is 1.00 bits per heavy atom. The van der Waals surface area contributed by atoms with E-state index in [2.05, 4.69) is 24.4 Å². The van der Waals surface area contributed by atoms with E-state index in [0.29, 0.717) is 0 Å². The molecule has 0 saturated heterocycles. The lowest BCUT2D eigenvalue weighted by Crippen LogP contribution is -2.48. The molecule has 0 heterocycles. The quantitative estimate of drug-likeness (QED) is 0.438. The van der Waals surface area contributed by atoms with Crippen molar-refractivity contribution < 1.29 is 0 Å². The minimum absolute atomic E-state index is 0.818. The summed E-state index contributed by atoms with van der Waals surface area (Å²) in [6.07, 6.45) is 19.0. The van der Waals surface area contributed by atoms with E-state index in [0.717, 1.165) is 17.9 Å². The molecule has 18 heavy (non-hydrogen) atoms. The summed E-state index contributed by atoms with van der Waals surface area (Å²) < 4.78 is 0. The Bertz CT molecular complexity index is 246. The number of rotatable bonds is 10. The highest BCUT2D eigenvalue weighted by molar-refractivity contribution is 5.12. The van der Waals surface area contributed by atoms with Crippen LogP contribution >= 0.6 is 0 Å². The molecule has 3 atom stereocenters. The Labute approximate surface area is 113 Å². The predicted octanol–water partition coefficient (Wildman–Crippen LogP) is 4.68. The molecule has 1 nitrogen and oxygen atoms in total. The second kappa shape index (κ2) is 7.99. The van der Waals surface area contributed by atoms with E-state index in [4.69, 9.17) is 0 Å². The monoisotopic (exact) mass is 249 g/mol. The molecule has 1 heteroatoms. The SMILES string of the molecule is CCCCCCCCCCNC1CC2CC=CC21. The zero-order valence-electron chi connectivity index (χ0n) is 12.2. The summed E-state index contributed by atoms with van der Waals surface area (Å²) in [4.78, 5) is 0. The summed E-state index contributed by atoms with van der Waals surface area (Å²) in [6.45, 7) is 3.53. The van der Waals surface area contributed by atoms with Crippen molar-refractivity contribution in [3.63, 3.8) is 0 Å². The maximum Gasteiger partial charge on any atom is 0.0136 e. The molecule has 1 fully saturated rings. The Balaban J connectivity index is 1.35. The van der Waals surface area contributed by atoms with Crippen LogP contribution in [0.15, 0.2) is 12.2 Å². The molecular weight excluding hydrogens is 218 g/mol. The zero-order valence-corrected chi connectivity index (χ0v) is 12.2. The van der Waals surface area contributed by atoms with Crippen LogP contribution in [0.2, 0.25) is 0 Å². The standard InChI is InChI=1S/C17H31N/c1-2-3-4-5-6-7-8-9-13-18-17-14-15-11-10-12-16(15)17/h10,12,15-18H,2-9,11,13-14H2,1H3. The summed E-state index contributed by atoms with van der Waals surface area (Å²) in [5.41, 5.74) is 0. The van der Waals surface area contributed by atoms with Crippen LogP contribution in [0.3, 0.4) is 0 Å². The molecule has 2 rings (SSSR count). The molecular formula is C17H31N. The van der Waals surface area contributed by atoms with Gasteiger partial charge in [0, 0.05) is 6.04 Å². The number of unbranched alkanes of at least 4 members (excludes halogenated alkanes) is 7. The van der Waals surface area contributed by atoms with Crippen LogP contribution < -0.4 is 5.32 Å². The van der Waals surface area contributed by atoms with Crippen molar-refractivity contribution in [1.82, 2.24) is 5.32 Å². The van der Waals surface area contributed by atoms with E-state index in [1.807, 2.05) is 0 Å². The normalized spacial score (nSPS) is 29.3. The molecule has 2 aliphatic rings. The molecule has 2 aliphatic carbocycles. The molecule has 1 saturated carbocycles. The average Bonchev–Trinajstić information content (AvgIpc) is 2.73. The van der Waals surface area contributed by atoms with Gasteiger partial charge in [-0.3, -0.25) is 0 Å². The van der Waals surface area contributed by atoms with Crippen LogP contribution in [0.5, 0.6) is 0 Å². The Morgan fingerprint density at radius 3 is 2.44 bits per heavy atom. The van der Waals surface area contributed by atoms with Crippen molar-refractivity contribution in [3.05, 3.63) is 12.2 Å². The third-order valence-corrected chi connectivity index (χ3v) is 4.80. The Kier molecular flexibility index (Phi) is 6.26. The van der Waals surface area contributed by atoms with Gasteiger partial charge >= 0.3 is 0 Å². The second-order valence-corrected chi connectivity index (χ2v) is 6.27. The summed E-state index contributed by atoms with van der Waals surface area (Å²) >= 11 is 0. The molecule has 0 spiro atoms. The van der Waals surface area contributed by atoms with Gasteiger partial charge in [0.15, 0.2) is 0 Å². The number of nitrogens with one attached hydrogen (secondary N) is 1. The number of hydrogen-bond donors (Lipinski definition) is 1. The topological polar surface area (TPSA) is 12.0 Å². The van der Waals surface area contributed by atoms with Crippen LogP contribution in [-0.4, -0.2) is 12.6 Å². The Hall–Kier alpha value is -0.300. The van der Waals surface area contributed by atoms with Crippen molar-refractivity contribution in [2.75, 3.05) is 6.54 Å². The maximum absolute atomic E-state index is 3.75. The highest BCUT2D eigenvalue weighted by Gasteiger charge is 2.40. The molecule has 0 aromatic carbocycles. The van der Waals surface area contributed by atoms with Gasteiger partial charge in [0.25, 0.3) is 0 Å². The summed E-state index contributed by atoms with van der Waals surface area (Å²) in [7, 11) is 0. The highest BCUT2D eigenvalue weighted by atomic mass is 14.9.